The second-order valence-corrected chi connectivity index (χ2v) is 7.62. The zero-order valence-electron chi connectivity index (χ0n) is 16.0. The molecule has 0 bridgehead atoms. The lowest BCUT2D eigenvalue weighted by Gasteiger charge is -2.10. The first kappa shape index (κ1) is 20.4. The van der Waals surface area contributed by atoms with Gasteiger partial charge < -0.3 is 8.17 Å². The fraction of sp³-hybridized carbons (Fsp3) is 0.0833. The van der Waals surface area contributed by atoms with E-state index in [1.807, 2.05) is 47.3 Å². The van der Waals surface area contributed by atoms with E-state index in [0.717, 1.165) is 27.8 Å². The Labute approximate surface area is 187 Å². The van der Waals surface area contributed by atoms with Gasteiger partial charge in [-0.15, -0.1) is 0 Å². The second-order valence-electron chi connectivity index (χ2n) is 6.99. The molecule has 1 heterocycles. The average molecular weight is 513 g/mol. The van der Waals surface area contributed by atoms with Crippen LogP contribution in [0.1, 0.15) is 21.5 Å². The highest BCUT2D eigenvalue weighted by Gasteiger charge is 2.14. The van der Waals surface area contributed by atoms with Crippen molar-refractivity contribution < 1.29 is 17.4 Å². The maximum absolute atomic E-state index is 13.6. The van der Waals surface area contributed by atoms with Crippen molar-refractivity contribution in [2.75, 3.05) is 0 Å². The monoisotopic (exact) mass is 513 g/mol. The largest absolute Gasteiger partial charge is 0.478 e. The van der Waals surface area contributed by atoms with Gasteiger partial charge in [-0.1, -0.05) is 42.5 Å². The number of carboxylic acids is 1. The smallest absolute Gasteiger partial charge is 0.336 e. The molecular formula is C24H17FINO3. The molecule has 0 spiro atoms. The van der Waals surface area contributed by atoms with Crippen molar-refractivity contribution in [3.8, 4) is 22.4 Å². The standard InChI is InChI=1S/C24H17FINO3/c1-14-10-17(6-7-18(14)13-30-26)15-2-4-16(5-3-15)23-12-21(24(28)29)20-11-19(25)8-9-22(20)27-23/h2-12H,13H2,1H3,(H,28,29). The van der Waals surface area contributed by atoms with E-state index in [0.29, 0.717) is 17.8 Å². The van der Waals surface area contributed by atoms with E-state index in [2.05, 4.69) is 30.1 Å². The Kier molecular flexibility index (Phi) is 5.78. The number of rotatable bonds is 5. The number of benzene rings is 3. The summed E-state index contributed by atoms with van der Waals surface area (Å²) in [6.07, 6.45) is 0. The van der Waals surface area contributed by atoms with Crippen molar-refractivity contribution in [2.45, 2.75) is 13.5 Å². The molecule has 0 saturated carbocycles. The molecule has 4 nitrogen and oxygen atoms in total. The maximum atomic E-state index is 13.6. The molecule has 0 aliphatic heterocycles. The average Bonchev–Trinajstić information content (AvgIpc) is 2.74. The second kappa shape index (κ2) is 8.49. The first-order chi connectivity index (χ1) is 14.5. The third-order valence-electron chi connectivity index (χ3n) is 5.07. The van der Waals surface area contributed by atoms with Gasteiger partial charge in [-0.3, -0.25) is 0 Å². The summed E-state index contributed by atoms with van der Waals surface area (Å²) >= 11 is 1.89. The van der Waals surface area contributed by atoms with Crippen molar-refractivity contribution in [2.24, 2.45) is 0 Å². The van der Waals surface area contributed by atoms with Crippen LogP contribution in [0.25, 0.3) is 33.3 Å². The molecule has 0 radical (unpaired) electrons. The fourth-order valence-electron chi connectivity index (χ4n) is 3.45. The molecule has 1 N–H and O–H groups in total. The Bertz CT molecular complexity index is 1260. The van der Waals surface area contributed by atoms with Gasteiger partial charge in [-0.05, 0) is 53.4 Å². The maximum Gasteiger partial charge on any atom is 0.336 e. The first-order valence-electron chi connectivity index (χ1n) is 9.24. The van der Waals surface area contributed by atoms with E-state index in [1.54, 1.807) is 0 Å². The third kappa shape index (κ3) is 4.06. The van der Waals surface area contributed by atoms with Crippen molar-refractivity contribution >= 4 is 39.9 Å². The quantitative estimate of drug-likeness (QED) is 0.307. The van der Waals surface area contributed by atoms with Crippen molar-refractivity contribution in [1.82, 2.24) is 4.98 Å². The van der Waals surface area contributed by atoms with Gasteiger partial charge in [0.2, 0.25) is 0 Å². The number of aromatic nitrogens is 1. The topological polar surface area (TPSA) is 59.4 Å². The number of fused-ring (bicyclic) bond motifs is 1. The lowest BCUT2D eigenvalue weighted by atomic mass is 9.98. The van der Waals surface area contributed by atoms with Crippen LogP contribution < -0.4 is 0 Å². The van der Waals surface area contributed by atoms with Crippen LogP contribution in [0.15, 0.2) is 66.7 Å². The van der Waals surface area contributed by atoms with Crippen molar-refractivity contribution in [3.05, 3.63) is 89.2 Å². The third-order valence-corrected chi connectivity index (χ3v) is 5.38. The Balaban J connectivity index is 1.72. The number of hydrogen-bond donors (Lipinski definition) is 1. The highest BCUT2D eigenvalue weighted by molar-refractivity contribution is 14.1. The molecule has 0 saturated heterocycles. The fourth-order valence-corrected chi connectivity index (χ4v) is 3.79. The van der Waals surface area contributed by atoms with Gasteiger partial charge in [-0.25, -0.2) is 14.2 Å². The predicted molar refractivity (Wildman–Crippen MR) is 123 cm³/mol. The van der Waals surface area contributed by atoms with Crippen LogP contribution >= 0.6 is 23.0 Å². The van der Waals surface area contributed by atoms with Gasteiger partial charge in [0.15, 0.2) is 0 Å². The van der Waals surface area contributed by atoms with Crippen LogP contribution in [-0.4, -0.2) is 16.1 Å². The van der Waals surface area contributed by atoms with Crippen LogP contribution in [-0.2, 0) is 9.67 Å². The molecule has 3 aromatic carbocycles. The summed E-state index contributed by atoms with van der Waals surface area (Å²) in [7, 11) is 0. The molecule has 4 rings (SSSR count). The highest BCUT2D eigenvalue weighted by Crippen LogP contribution is 2.29. The molecule has 0 fully saturated rings. The minimum absolute atomic E-state index is 0.0299. The van der Waals surface area contributed by atoms with Crippen LogP contribution in [0.3, 0.4) is 0 Å². The summed E-state index contributed by atoms with van der Waals surface area (Å²) in [6.45, 7) is 2.62. The van der Waals surface area contributed by atoms with Gasteiger partial charge in [0, 0.05) is 10.9 Å². The highest BCUT2D eigenvalue weighted by atomic mass is 127. The zero-order chi connectivity index (χ0) is 21.3. The molecule has 0 aliphatic carbocycles. The molecule has 0 amide bonds. The Morgan fingerprint density at radius 1 is 1.00 bits per heavy atom. The minimum atomic E-state index is -1.11. The number of carboxylic acid groups (broad SMARTS) is 1. The molecule has 30 heavy (non-hydrogen) atoms. The summed E-state index contributed by atoms with van der Waals surface area (Å²) < 4.78 is 18.8. The normalized spacial score (nSPS) is 11.0. The summed E-state index contributed by atoms with van der Waals surface area (Å²) in [4.78, 5) is 16.2. The van der Waals surface area contributed by atoms with Crippen LogP contribution in [0, 0.1) is 12.7 Å². The molecular weight excluding hydrogens is 496 g/mol. The summed E-state index contributed by atoms with van der Waals surface area (Å²) in [6, 6.07) is 19.5. The molecule has 0 unspecified atom stereocenters. The summed E-state index contributed by atoms with van der Waals surface area (Å²) in [5.41, 5.74) is 6.23. The number of halogens is 2. The van der Waals surface area contributed by atoms with Crippen molar-refractivity contribution in [3.63, 3.8) is 0 Å². The lowest BCUT2D eigenvalue weighted by Crippen LogP contribution is -2.00. The Morgan fingerprint density at radius 3 is 2.37 bits per heavy atom. The van der Waals surface area contributed by atoms with Gasteiger partial charge in [-0.2, -0.15) is 0 Å². The molecule has 4 aromatic rings. The molecule has 1 aromatic heterocycles. The van der Waals surface area contributed by atoms with E-state index >= 15 is 0 Å². The number of pyridine rings is 1. The van der Waals surface area contributed by atoms with Gasteiger partial charge >= 0.3 is 5.97 Å². The number of aromatic carboxylic acids is 1. The first-order valence-corrected chi connectivity index (χ1v) is 10.1. The van der Waals surface area contributed by atoms with E-state index in [4.69, 9.17) is 3.07 Å². The molecule has 6 heteroatoms. The van der Waals surface area contributed by atoms with Crippen LogP contribution in [0.2, 0.25) is 0 Å². The summed E-state index contributed by atoms with van der Waals surface area (Å²) in [5.74, 6) is -1.60. The van der Waals surface area contributed by atoms with E-state index < -0.39 is 11.8 Å². The Hall–Kier alpha value is -2.84. The van der Waals surface area contributed by atoms with Crippen LogP contribution in [0.4, 0.5) is 4.39 Å². The lowest BCUT2D eigenvalue weighted by molar-refractivity contribution is 0.0699. The van der Waals surface area contributed by atoms with Crippen LogP contribution in [0.5, 0.6) is 0 Å². The van der Waals surface area contributed by atoms with Gasteiger partial charge in [0.25, 0.3) is 0 Å². The minimum Gasteiger partial charge on any atom is -0.478 e. The number of aryl methyl sites for hydroxylation is 1. The van der Waals surface area contributed by atoms with Crippen molar-refractivity contribution in [1.29, 1.82) is 0 Å². The molecule has 0 aliphatic rings. The number of carbonyl (C=O) groups is 1. The van der Waals surface area contributed by atoms with E-state index in [-0.39, 0.29) is 10.9 Å². The van der Waals surface area contributed by atoms with E-state index in [9.17, 15) is 14.3 Å². The molecule has 150 valence electrons. The van der Waals surface area contributed by atoms with Gasteiger partial charge in [0.05, 0.1) is 23.4 Å². The summed E-state index contributed by atoms with van der Waals surface area (Å²) in [5, 5.41) is 9.85. The SMILES string of the molecule is Cc1cc(-c2ccc(-c3cc(C(=O)O)c4cc(F)ccc4n3)cc2)ccc1COI. The Morgan fingerprint density at radius 2 is 1.70 bits per heavy atom. The number of nitrogens with zero attached hydrogens (tertiary/aromatic N) is 1. The predicted octanol–water partition coefficient (Wildman–Crippen LogP) is 6.58. The molecule has 0 atom stereocenters. The number of hydrogen-bond acceptors (Lipinski definition) is 3. The zero-order valence-corrected chi connectivity index (χ0v) is 18.2. The van der Waals surface area contributed by atoms with E-state index in [1.165, 1.54) is 24.3 Å². The van der Waals surface area contributed by atoms with Gasteiger partial charge in [0.1, 0.15) is 28.8 Å².